The number of aryl methyl sites for hydroxylation is 1. The summed E-state index contributed by atoms with van der Waals surface area (Å²) in [6, 6.07) is 9.38. The third-order valence-electron chi connectivity index (χ3n) is 5.68. The third kappa shape index (κ3) is 4.51. The highest BCUT2D eigenvalue weighted by Gasteiger charge is 2.33. The number of nitrogens with one attached hydrogen (secondary N) is 1. The summed E-state index contributed by atoms with van der Waals surface area (Å²) in [5, 5.41) is 3.29. The first kappa shape index (κ1) is 23.4. The van der Waals surface area contributed by atoms with Gasteiger partial charge in [0.2, 0.25) is 6.79 Å². The fraction of sp³-hybridized carbons (Fsp3) is 0.280. The second kappa shape index (κ2) is 9.35. The van der Waals surface area contributed by atoms with Gasteiger partial charge < -0.3 is 14.8 Å². The average molecular weight is 509 g/mol. The van der Waals surface area contributed by atoms with Gasteiger partial charge in [0.15, 0.2) is 11.5 Å². The van der Waals surface area contributed by atoms with Crippen LogP contribution in [-0.4, -0.2) is 37.8 Å². The highest BCUT2D eigenvalue weighted by Crippen LogP contribution is 2.34. The number of carbonyl (C=O) groups is 1. The third-order valence-corrected chi connectivity index (χ3v) is 7.06. The van der Waals surface area contributed by atoms with E-state index in [-0.39, 0.29) is 24.2 Å². The molecule has 3 aromatic rings. The molecule has 0 radical (unpaired) electrons. The van der Waals surface area contributed by atoms with E-state index in [9.17, 15) is 9.59 Å². The number of anilines is 1. The molecule has 4 heterocycles. The maximum Gasteiger partial charge on any atom is 0.267 e. The van der Waals surface area contributed by atoms with Crippen molar-refractivity contribution in [1.82, 2.24) is 14.3 Å². The lowest BCUT2D eigenvalue weighted by Crippen LogP contribution is -2.31. The van der Waals surface area contributed by atoms with E-state index >= 15 is 0 Å². The zero-order valence-electron chi connectivity index (χ0n) is 19.5. The molecule has 0 saturated carbocycles. The Morgan fingerprint density at radius 1 is 1.23 bits per heavy atom. The predicted molar refractivity (Wildman–Crippen MR) is 141 cm³/mol. The second-order valence-electron chi connectivity index (χ2n) is 8.79. The van der Waals surface area contributed by atoms with E-state index in [1.54, 1.807) is 23.2 Å². The number of carbonyl (C=O) groups excluding carboxylic acids is 1. The minimum absolute atomic E-state index is 0.191. The monoisotopic (exact) mass is 508 g/mol. The van der Waals surface area contributed by atoms with Crippen LogP contribution in [0.2, 0.25) is 0 Å². The molecule has 1 saturated heterocycles. The lowest BCUT2D eigenvalue weighted by molar-refractivity contribution is -0.122. The van der Waals surface area contributed by atoms with Crippen LogP contribution in [0.4, 0.5) is 5.82 Å². The number of hydrogen-bond acceptors (Lipinski definition) is 8. The first-order valence-electron chi connectivity index (χ1n) is 11.2. The molecule has 5 rings (SSSR count). The van der Waals surface area contributed by atoms with Gasteiger partial charge in [0.1, 0.15) is 15.8 Å². The molecule has 2 aliphatic rings. The quantitative estimate of drug-likeness (QED) is 0.392. The molecule has 0 unspecified atom stereocenters. The molecule has 0 bridgehead atoms. The zero-order chi connectivity index (χ0) is 24.7. The van der Waals surface area contributed by atoms with Gasteiger partial charge in [-0.15, -0.1) is 0 Å². The zero-order valence-corrected chi connectivity index (χ0v) is 21.2. The second-order valence-corrected chi connectivity index (χ2v) is 10.5. The van der Waals surface area contributed by atoms with Crippen molar-refractivity contribution in [2.75, 3.05) is 18.7 Å². The molecule has 2 aliphatic heterocycles. The molecule has 0 atom stereocenters. The van der Waals surface area contributed by atoms with Crippen molar-refractivity contribution in [2.24, 2.45) is 5.92 Å². The maximum absolute atomic E-state index is 13.5. The molecule has 1 N–H and O–H groups in total. The maximum atomic E-state index is 13.5. The van der Waals surface area contributed by atoms with Gasteiger partial charge in [0.05, 0.1) is 10.5 Å². The van der Waals surface area contributed by atoms with Gasteiger partial charge in [-0.1, -0.05) is 50.0 Å². The van der Waals surface area contributed by atoms with Crippen LogP contribution in [-0.2, 0) is 11.3 Å². The van der Waals surface area contributed by atoms with Crippen molar-refractivity contribution in [2.45, 2.75) is 27.3 Å². The molecule has 0 aliphatic carbocycles. The topological polar surface area (TPSA) is 85.2 Å². The molecule has 1 fully saturated rings. The van der Waals surface area contributed by atoms with E-state index in [2.05, 4.69) is 5.32 Å². The Kier molecular flexibility index (Phi) is 6.24. The van der Waals surface area contributed by atoms with E-state index in [0.717, 1.165) is 11.1 Å². The van der Waals surface area contributed by atoms with E-state index in [4.69, 9.17) is 26.7 Å². The van der Waals surface area contributed by atoms with Gasteiger partial charge >= 0.3 is 0 Å². The van der Waals surface area contributed by atoms with E-state index in [0.29, 0.717) is 50.8 Å². The van der Waals surface area contributed by atoms with Crippen LogP contribution >= 0.6 is 24.0 Å². The lowest BCUT2D eigenvalue weighted by Gasteiger charge is -2.16. The Hall–Kier alpha value is -3.37. The fourth-order valence-electron chi connectivity index (χ4n) is 3.97. The van der Waals surface area contributed by atoms with E-state index in [1.807, 2.05) is 45.0 Å². The van der Waals surface area contributed by atoms with Crippen LogP contribution in [0.1, 0.15) is 30.5 Å². The minimum atomic E-state index is -0.263. The van der Waals surface area contributed by atoms with Crippen LogP contribution in [0.3, 0.4) is 0 Å². The minimum Gasteiger partial charge on any atom is -0.454 e. The normalized spacial score (nSPS) is 16.2. The van der Waals surface area contributed by atoms with Crippen LogP contribution in [0.25, 0.3) is 11.7 Å². The molecular weight excluding hydrogens is 484 g/mol. The largest absolute Gasteiger partial charge is 0.454 e. The first-order valence-corrected chi connectivity index (χ1v) is 12.4. The number of thiocarbonyl (C=S) groups is 1. The molecule has 180 valence electrons. The smallest absolute Gasteiger partial charge is 0.267 e. The number of benzene rings is 1. The van der Waals surface area contributed by atoms with Gasteiger partial charge in [0.25, 0.3) is 11.5 Å². The Bertz CT molecular complexity index is 1450. The summed E-state index contributed by atoms with van der Waals surface area (Å²) in [6.45, 7) is 7.10. The van der Waals surface area contributed by atoms with E-state index < -0.39 is 0 Å². The van der Waals surface area contributed by atoms with Crippen molar-refractivity contribution in [3.8, 4) is 11.5 Å². The molecule has 1 aromatic carbocycles. The first-order chi connectivity index (χ1) is 16.8. The van der Waals surface area contributed by atoms with Crippen molar-refractivity contribution in [3.05, 3.63) is 68.5 Å². The molecule has 8 nitrogen and oxygen atoms in total. The highest BCUT2D eigenvalue weighted by molar-refractivity contribution is 8.26. The number of fused-ring (bicyclic) bond motifs is 2. The average Bonchev–Trinajstić information content (AvgIpc) is 3.39. The van der Waals surface area contributed by atoms with Crippen LogP contribution < -0.4 is 20.3 Å². The molecule has 35 heavy (non-hydrogen) atoms. The molecule has 1 amide bonds. The van der Waals surface area contributed by atoms with Crippen LogP contribution in [0.5, 0.6) is 11.5 Å². The van der Waals surface area contributed by atoms with Gasteiger partial charge in [-0.3, -0.25) is 18.9 Å². The number of amides is 1. The number of rotatable bonds is 6. The van der Waals surface area contributed by atoms with Crippen molar-refractivity contribution in [1.29, 1.82) is 0 Å². The number of pyridine rings is 1. The van der Waals surface area contributed by atoms with Crippen LogP contribution in [0.15, 0.2) is 46.2 Å². The summed E-state index contributed by atoms with van der Waals surface area (Å²) in [6.07, 6.45) is 3.28. The summed E-state index contributed by atoms with van der Waals surface area (Å²) in [5.41, 5.74) is 2.40. The standard InChI is InChI=1S/C25H24N4O4S2/c1-14(2)12-29-24(31)20(35-25(29)34)10-17-21(27-22-15(3)5-4-8-28(22)23(17)30)26-11-16-6-7-18-19(9-16)33-13-32-18/h4-10,14,26H,11-13H2,1-3H3/b20-10-. The Balaban J connectivity index is 1.54. The Morgan fingerprint density at radius 3 is 2.83 bits per heavy atom. The highest BCUT2D eigenvalue weighted by atomic mass is 32.2. The van der Waals surface area contributed by atoms with Crippen LogP contribution in [0, 0.1) is 12.8 Å². The number of thioether (sulfide) groups is 1. The van der Waals surface area contributed by atoms with Gasteiger partial charge in [-0.2, -0.15) is 0 Å². The Morgan fingerprint density at radius 2 is 2.03 bits per heavy atom. The fourth-order valence-corrected chi connectivity index (χ4v) is 5.22. The molecule has 0 spiro atoms. The summed E-state index contributed by atoms with van der Waals surface area (Å²) >= 11 is 6.64. The SMILES string of the molecule is Cc1cccn2c(=O)c(/C=C3\SC(=S)N(CC(C)C)C3=O)c(NCc3ccc4c(c3)OCO4)nc12. The van der Waals surface area contributed by atoms with Crippen molar-refractivity contribution < 1.29 is 14.3 Å². The summed E-state index contributed by atoms with van der Waals surface area (Å²) < 4.78 is 12.8. The Labute approximate surface area is 211 Å². The number of hydrogen-bond donors (Lipinski definition) is 1. The lowest BCUT2D eigenvalue weighted by atomic mass is 10.2. The summed E-state index contributed by atoms with van der Waals surface area (Å²) in [7, 11) is 0. The summed E-state index contributed by atoms with van der Waals surface area (Å²) in [4.78, 5) is 33.4. The molecular formula is C25H24N4O4S2. The summed E-state index contributed by atoms with van der Waals surface area (Å²) in [5.74, 6) is 1.86. The van der Waals surface area contributed by atoms with E-state index in [1.165, 1.54) is 16.2 Å². The van der Waals surface area contributed by atoms with Gasteiger partial charge in [-0.05, 0) is 48.2 Å². The molecule has 2 aromatic heterocycles. The van der Waals surface area contributed by atoms with Gasteiger partial charge in [0, 0.05) is 19.3 Å². The molecule has 10 heteroatoms. The van der Waals surface area contributed by atoms with Crippen molar-refractivity contribution >= 4 is 51.7 Å². The predicted octanol–water partition coefficient (Wildman–Crippen LogP) is 4.20. The van der Waals surface area contributed by atoms with Crippen molar-refractivity contribution in [3.63, 3.8) is 0 Å². The number of aromatic nitrogens is 2. The van der Waals surface area contributed by atoms with Gasteiger partial charge in [-0.25, -0.2) is 4.98 Å². The number of nitrogens with zero attached hydrogens (tertiary/aromatic N) is 3. The number of ether oxygens (including phenoxy) is 2.